The zero-order valence-corrected chi connectivity index (χ0v) is 11.7. The summed E-state index contributed by atoms with van der Waals surface area (Å²) in [5, 5.41) is 3.35. The molecule has 1 aromatic heterocycles. The number of hydrogen-bond acceptors (Lipinski definition) is 2. The van der Waals surface area contributed by atoms with Gasteiger partial charge >= 0.3 is 0 Å². The van der Waals surface area contributed by atoms with Crippen molar-refractivity contribution in [3.05, 3.63) is 24.0 Å². The molecule has 1 aliphatic heterocycles. The molecule has 1 saturated heterocycles. The maximum absolute atomic E-state index is 5.65. The summed E-state index contributed by atoms with van der Waals surface area (Å²) in [6, 6.07) is 2.72. The maximum Gasteiger partial charge on any atom is 0.0576 e. The Morgan fingerprint density at radius 2 is 2.44 bits per heavy atom. The predicted molar refractivity (Wildman–Crippen MR) is 74.7 cm³/mol. The van der Waals surface area contributed by atoms with Gasteiger partial charge in [-0.2, -0.15) is 0 Å². The SMILES string of the molecule is CCC(NC)c1ccn(CCCC2CCCO2)c1. The average Bonchev–Trinajstić information content (AvgIpc) is 3.03. The quantitative estimate of drug-likeness (QED) is 0.804. The van der Waals surface area contributed by atoms with Gasteiger partial charge < -0.3 is 14.6 Å². The van der Waals surface area contributed by atoms with E-state index in [0.717, 1.165) is 19.6 Å². The summed E-state index contributed by atoms with van der Waals surface area (Å²) in [4.78, 5) is 0. The summed E-state index contributed by atoms with van der Waals surface area (Å²) >= 11 is 0. The number of hydrogen-bond donors (Lipinski definition) is 1. The lowest BCUT2D eigenvalue weighted by molar-refractivity contribution is 0.101. The van der Waals surface area contributed by atoms with Gasteiger partial charge in [0.05, 0.1) is 6.10 Å². The first-order chi connectivity index (χ1) is 8.83. The Hall–Kier alpha value is -0.800. The second-order valence-corrected chi connectivity index (χ2v) is 5.21. The molecule has 1 aliphatic rings. The second-order valence-electron chi connectivity index (χ2n) is 5.21. The van der Waals surface area contributed by atoms with Crippen molar-refractivity contribution in [1.29, 1.82) is 0 Å². The van der Waals surface area contributed by atoms with Crippen molar-refractivity contribution in [3.63, 3.8) is 0 Å². The molecule has 1 fully saturated rings. The third-order valence-electron chi connectivity index (χ3n) is 3.90. The van der Waals surface area contributed by atoms with Crippen molar-refractivity contribution in [2.75, 3.05) is 13.7 Å². The van der Waals surface area contributed by atoms with Crippen LogP contribution in [0.25, 0.3) is 0 Å². The van der Waals surface area contributed by atoms with Gasteiger partial charge in [-0.3, -0.25) is 0 Å². The van der Waals surface area contributed by atoms with Crippen LogP contribution in [-0.2, 0) is 11.3 Å². The van der Waals surface area contributed by atoms with Crippen LogP contribution in [0.15, 0.2) is 18.5 Å². The van der Waals surface area contributed by atoms with Gasteiger partial charge in [0.25, 0.3) is 0 Å². The molecule has 2 atom stereocenters. The highest BCUT2D eigenvalue weighted by molar-refractivity contribution is 5.15. The van der Waals surface area contributed by atoms with E-state index in [1.54, 1.807) is 0 Å². The number of aromatic nitrogens is 1. The van der Waals surface area contributed by atoms with Crippen molar-refractivity contribution < 1.29 is 4.74 Å². The maximum atomic E-state index is 5.65. The number of aryl methyl sites for hydroxylation is 1. The largest absolute Gasteiger partial charge is 0.378 e. The normalized spacial score (nSPS) is 21.3. The van der Waals surface area contributed by atoms with Gasteiger partial charge in [-0.25, -0.2) is 0 Å². The molecule has 18 heavy (non-hydrogen) atoms. The molecule has 0 radical (unpaired) electrons. The molecule has 2 rings (SSSR count). The molecule has 0 spiro atoms. The van der Waals surface area contributed by atoms with Gasteiger partial charge in [0.1, 0.15) is 0 Å². The lowest BCUT2D eigenvalue weighted by Crippen LogP contribution is -2.14. The van der Waals surface area contributed by atoms with Gasteiger partial charge in [-0.1, -0.05) is 6.92 Å². The predicted octanol–water partition coefficient (Wildman–Crippen LogP) is 3.12. The van der Waals surface area contributed by atoms with Gasteiger partial charge in [0, 0.05) is 31.6 Å². The summed E-state index contributed by atoms with van der Waals surface area (Å²) in [7, 11) is 2.03. The molecule has 3 nitrogen and oxygen atoms in total. The number of nitrogens with zero attached hydrogens (tertiary/aromatic N) is 1. The van der Waals surface area contributed by atoms with Crippen molar-refractivity contribution in [1.82, 2.24) is 9.88 Å². The summed E-state index contributed by atoms with van der Waals surface area (Å²) in [5.74, 6) is 0. The summed E-state index contributed by atoms with van der Waals surface area (Å²) in [6.07, 6.45) is 11.1. The molecule has 3 heteroatoms. The topological polar surface area (TPSA) is 26.2 Å². The van der Waals surface area contributed by atoms with E-state index >= 15 is 0 Å². The minimum absolute atomic E-state index is 0.490. The molecule has 2 unspecified atom stereocenters. The molecule has 0 amide bonds. The molecule has 102 valence electrons. The van der Waals surface area contributed by atoms with Crippen molar-refractivity contribution >= 4 is 0 Å². The van der Waals surface area contributed by atoms with Gasteiger partial charge in [-0.15, -0.1) is 0 Å². The molecular weight excluding hydrogens is 224 g/mol. The molecule has 0 bridgehead atoms. The van der Waals surface area contributed by atoms with E-state index in [1.807, 2.05) is 7.05 Å². The molecule has 0 aromatic carbocycles. The fraction of sp³-hybridized carbons (Fsp3) is 0.733. The molecule has 1 N–H and O–H groups in total. The van der Waals surface area contributed by atoms with E-state index in [4.69, 9.17) is 4.74 Å². The van der Waals surface area contributed by atoms with Crippen LogP contribution in [-0.4, -0.2) is 24.3 Å². The molecule has 0 saturated carbocycles. The van der Waals surface area contributed by atoms with Crippen LogP contribution < -0.4 is 5.32 Å². The van der Waals surface area contributed by atoms with Crippen LogP contribution in [0.3, 0.4) is 0 Å². The first-order valence-corrected chi connectivity index (χ1v) is 7.28. The van der Waals surface area contributed by atoms with Gasteiger partial charge in [-0.05, 0) is 50.8 Å². The average molecular weight is 250 g/mol. The molecular formula is C15H26N2O. The number of ether oxygens (including phenoxy) is 1. The van der Waals surface area contributed by atoms with E-state index in [1.165, 1.54) is 31.2 Å². The van der Waals surface area contributed by atoms with Crippen molar-refractivity contribution in [2.45, 2.75) is 57.7 Å². The van der Waals surface area contributed by atoms with Crippen LogP contribution in [0.5, 0.6) is 0 Å². The monoisotopic (exact) mass is 250 g/mol. The second kappa shape index (κ2) is 6.95. The van der Waals surface area contributed by atoms with Gasteiger partial charge in [0.15, 0.2) is 0 Å². The van der Waals surface area contributed by atoms with Crippen LogP contribution >= 0.6 is 0 Å². The van der Waals surface area contributed by atoms with Crippen LogP contribution in [0.4, 0.5) is 0 Å². The highest BCUT2D eigenvalue weighted by atomic mass is 16.5. The standard InChI is InChI=1S/C15H26N2O/c1-3-15(16-2)13-8-10-17(12-13)9-4-6-14-7-5-11-18-14/h8,10,12,14-16H,3-7,9,11H2,1-2H3. The Balaban J connectivity index is 1.75. The number of nitrogens with one attached hydrogen (secondary N) is 1. The highest BCUT2D eigenvalue weighted by Crippen LogP contribution is 2.19. The minimum atomic E-state index is 0.490. The Morgan fingerprint density at radius 1 is 1.56 bits per heavy atom. The fourth-order valence-electron chi connectivity index (χ4n) is 2.78. The Morgan fingerprint density at radius 3 is 3.11 bits per heavy atom. The molecule has 2 heterocycles. The lowest BCUT2D eigenvalue weighted by atomic mass is 10.1. The fourth-order valence-corrected chi connectivity index (χ4v) is 2.78. The Bertz CT molecular complexity index is 338. The zero-order valence-electron chi connectivity index (χ0n) is 11.7. The smallest absolute Gasteiger partial charge is 0.0576 e. The van der Waals surface area contributed by atoms with E-state index in [9.17, 15) is 0 Å². The Labute approximate surface area is 111 Å². The first-order valence-electron chi connectivity index (χ1n) is 7.28. The van der Waals surface area contributed by atoms with Crippen LogP contribution in [0.2, 0.25) is 0 Å². The van der Waals surface area contributed by atoms with E-state index in [0.29, 0.717) is 12.1 Å². The third kappa shape index (κ3) is 3.59. The summed E-state index contributed by atoms with van der Waals surface area (Å²) < 4.78 is 7.96. The first kappa shape index (κ1) is 13.6. The van der Waals surface area contributed by atoms with Crippen LogP contribution in [0, 0.1) is 0 Å². The van der Waals surface area contributed by atoms with Crippen molar-refractivity contribution in [3.8, 4) is 0 Å². The van der Waals surface area contributed by atoms with E-state index in [2.05, 4.69) is 35.3 Å². The van der Waals surface area contributed by atoms with Gasteiger partial charge in [0.2, 0.25) is 0 Å². The number of rotatable bonds is 7. The third-order valence-corrected chi connectivity index (χ3v) is 3.90. The Kier molecular flexibility index (Phi) is 5.26. The molecule has 0 aliphatic carbocycles. The highest BCUT2D eigenvalue weighted by Gasteiger charge is 2.14. The van der Waals surface area contributed by atoms with E-state index in [-0.39, 0.29) is 0 Å². The molecule has 1 aromatic rings. The van der Waals surface area contributed by atoms with E-state index < -0.39 is 0 Å². The minimum Gasteiger partial charge on any atom is -0.378 e. The zero-order chi connectivity index (χ0) is 12.8. The van der Waals surface area contributed by atoms with Crippen molar-refractivity contribution in [2.24, 2.45) is 0 Å². The van der Waals surface area contributed by atoms with Crippen LogP contribution in [0.1, 0.15) is 50.6 Å². The lowest BCUT2D eigenvalue weighted by Gasteiger charge is -2.12. The summed E-state index contributed by atoms with van der Waals surface area (Å²) in [5.41, 5.74) is 1.40. The summed E-state index contributed by atoms with van der Waals surface area (Å²) in [6.45, 7) is 4.30.